The number of ether oxygens (including phenoxy) is 4. The highest BCUT2D eigenvalue weighted by atomic mass is 16.5. The van der Waals surface area contributed by atoms with Crippen LogP contribution in [-0.2, 0) is 16.1 Å². The van der Waals surface area contributed by atoms with E-state index < -0.39 is 0 Å². The molecule has 3 aromatic rings. The van der Waals surface area contributed by atoms with Gasteiger partial charge in [0.25, 0.3) is 0 Å². The third-order valence-electron chi connectivity index (χ3n) is 5.89. The molecule has 1 saturated heterocycles. The molecule has 0 spiro atoms. The highest BCUT2D eigenvalue weighted by molar-refractivity contribution is 5.66. The topological polar surface area (TPSA) is 100.0 Å². The number of hydrogen-bond acceptors (Lipinski definition) is 9. The van der Waals surface area contributed by atoms with Crippen molar-refractivity contribution in [1.29, 1.82) is 0 Å². The smallest absolute Gasteiger partial charge is 0.302 e. The molecule has 1 aromatic carbocycles. The molecule has 0 amide bonds. The number of likely N-dealkylation sites (tertiary alicyclic amines) is 1. The molecule has 0 atom stereocenters. The molecule has 186 valence electrons. The van der Waals surface area contributed by atoms with Crippen LogP contribution in [0.15, 0.2) is 30.7 Å². The molecule has 1 aliphatic heterocycles. The fourth-order valence-electron chi connectivity index (χ4n) is 4.13. The minimum absolute atomic E-state index is 0.0113. The Balaban J connectivity index is 1.53. The Labute approximate surface area is 204 Å². The molecule has 4 rings (SSSR count). The number of aromatic nitrogens is 3. The van der Waals surface area contributed by atoms with Crippen molar-refractivity contribution in [3.63, 3.8) is 0 Å². The summed E-state index contributed by atoms with van der Waals surface area (Å²) in [5.41, 5.74) is 4.01. The normalized spacial score (nSPS) is 13.8. The fraction of sp³-hybridized carbons (Fsp3) is 0.400. The average Bonchev–Trinajstić information content (AvgIpc) is 3.17. The van der Waals surface area contributed by atoms with Crippen molar-refractivity contribution in [2.75, 3.05) is 39.7 Å². The van der Waals surface area contributed by atoms with Gasteiger partial charge in [0.2, 0.25) is 11.7 Å². The number of benzene rings is 1. The summed E-state index contributed by atoms with van der Waals surface area (Å²) in [5.74, 6) is 2.59. The maximum absolute atomic E-state index is 11.1. The Bertz CT molecular complexity index is 1190. The van der Waals surface area contributed by atoms with Crippen molar-refractivity contribution in [1.82, 2.24) is 19.4 Å². The van der Waals surface area contributed by atoms with E-state index in [4.69, 9.17) is 23.9 Å². The summed E-state index contributed by atoms with van der Waals surface area (Å²) in [6, 6.07) is 3.61. The second-order valence-corrected chi connectivity index (χ2v) is 8.54. The van der Waals surface area contributed by atoms with Crippen molar-refractivity contribution in [3.8, 4) is 23.1 Å². The van der Waals surface area contributed by atoms with Gasteiger partial charge in [-0.2, -0.15) is 4.98 Å². The SMILES string of the molecule is COc1cc(Nc2ncc(C)c(-n3cc(C)c(CN4CC(OC(C)=O)C4)c3)n2)cc(OC)c1OC. The van der Waals surface area contributed by atoms with E-state index in [2.05, 4.69) is 34.5 Å². The summed E-state index contributed by atoms with van der Waals surface area (Å²) in [7, 11) is 4.71. The Morgan fingerprint density at radius 3 is 2.34 bits per heavy atom. The van der Waals surface area contributed by atoms with Crippen LogP contribution in [0.5, 0.6) is 17.2 Å². The second kappa shape index (κ2) is 10.2. The number of carbonyl (C=O) groups is 1. The molecular formula is C25H31N5O5. The number of esters is 1. The van der Waals surface area contributed by atoms with Gasteiger partial charge in [-0.1, -0.05) is 0 Å². The highest BCUT2D eigenvalue weighted by Crippen LogP contribution is 2.40. The van der Waals surface area contributed by atoms with E-state index in [0.29, 0.717) is 28.9 Å². The molecule has 1 fully saturated rings. The van der Waals surface area contributed by atoms with Crippen molar-refractivity contribution in [2.24, 2.45) is 0 Å². The van der Waals surface area contributed by atoms with Crippen LogP contribution in [-0.4, -0.2) is 65.9 Å². The van der Waals surface area contributed by atoms with E-state index in [-0.39, 0.29) is 12.1 Å². The number of rotatable bonds is 9. The van der Waals surface area contributed by atoms with Gasteiger partial charge in [-0.3, -0.25) is 9.69 Å². The number of aryl methyl sites for hydroxylation is 2. The maximum Gasteiger partial charge on any atom is 0.302 e. The minimum atomic E-state index is -0.229. The molecule has 1 N–H and O–H groups in total. The van der Waals surface area contributed by atoms with Gasteiger partial charge in [0.15, 0.2) is 11.5 Å². The molecule has 0 unspecified atom stereocenters. The zero-order valence-electron chi connectivity index (χ0n) is 20.9. The van der Waals surface area contributed by atoms with Crippen LogP contribution >= 0.6 is 0 Å². The van der Waals surface area contributed by atoms with Crippen LogP contribution in [0.2, 0.25) is 0 Å². The predicted molar refractivity (Wildman–Crippen MR) is 131 cm³/mol. The zero-order chi connectivity index (χ0) is 25.1. The lowest BCUT2D eigenvalue weighted by Crippen LogP contribution is -2.52. The van der Waals surface area contributed by atoms with Crippen LogP contribution in [0, 0.1) is 13.8 Å². The molecule has 0 saturated carbocycles. The number of nitrogens with one attached hydrogen (secondary N) is 1. The lowest BCUT2D eigenvalue weighted by atomic mass is 10.1. The van der Waals surface area contributed by atoms with E-state index in [9.17, 15) is 4.79 Å². The summed E-state index contributed by atoms with van der Waals surface area (Å²) in [5, 5.41) is 3.23. The van der Waals surface area contributed by atoms with Gasteiger partial charge >= 0.3 is 5.97 Å². The average molecular weight is 482 g/mol. The molecule has 0 bridgehead atoms. The quantitative estimate of drug-likeness (QED) is 0.461. The van der Waals surface area contributed by atoms with Crippen LogP contribution in [0.25, 0.3) is 5.82 Å². The lowest BCUT2D eigenvalue weighted by molar-refractivity contribution is -0.155. The summed E-state index contributed by atoms with van der Waals surface area (Å²) >= 11 is 0. The molecule has 10 nitrogen and oxygen atoms in total. The van der Waals surface area contributed by atoms with Gasteiger partial charge in [-0.25, -0.2) is 4.98 Å². The molecule has 2 aromatic heterocycles. The minimum Gasteiger partial charge on any atom is -0.493 e. The third kappa shape index (κ3) is 5.32. The van der Waals surface area contributed by atoms with Crippen molar-refractivity contribution >= 4 is 17.6 Å². The van der Waals surface area contributed by atoms with E-state index in [1.54, 1.807) is 39.7 Å². The number of carbonyl (C=O) groups excluding carboxylic acids is 1. The summed E-state index contributed by atoms with van der Waals surface area (Å²) in [6.45, 7) is 7.80. The van der Waals surface area contributed by atoms with Gasteiger partial charge in [-0.15, -0.1) is 0 Å². The molecule has 1 aliphatic rings. The predicted octanol–water partition coefficient (Wildman–Crippen LogP) is 3.40. The zero-order valence-corrected chi connectivity index (χ0v) is 20.9. The Kier molecular flexibility index (Phi) is 7.11. The van der Waals surface area contributed by atoms with Gasteiger partial charge in [0.1, 0.15) is 11.9 Å². The Morgan fingerprint density at radius 1 is 1.06 bits per heavy atom. The Hall–Kier alpha value is -3.79. The monoisotopic (exact) mass is 481 g/mol. The van der Waals surface area contributed by atoms with Crippen LogP contribution in [0.4, 0.5) is 11.6 Å². The second-order valence-electron chi connectivity index (χ2n) is 8.54. The van der Waals surface area contributed by atoms with Gasteiger partial charge in [0, 0.05) is 68.5 Å². The highest BCUT2D eigenvalue weighted by Gasteiger charge is 2.29. The van der Waals surface area contributed by atoms with E-state index >= 15 is 0 Å². The fourth-order valence-corrected chi connectivity index (χ4v) is 4.13. The first-order chi connectivity index (χ1) is 16.8. The van der Waals surface area contributed by atoms with Gasteiger partial charge in [-0.05, 0) is 25.0 Å². The van der Waals surface area contributed by atoms with Gasteiger partial charge in [0.05, 0.1) is 21.3 Å². The maximum atomic E-state index is 11.1. The van der Waals surface area contributed by atoms with E-state index in [1.807, 2.05) is 11.5 Å². The molecule has 0 aliphatic carbocycles. The number of nitrogens with zero attached hydrogens (tertiary/aromatic N) is 4. The third-order valence-corrected chi connectivity index (χ3v) is 5.89. The molecule has 3 heterocycles. The van der Waals surface area contributed by atoms with Crippen molar-refractivity contribution in [3.05, 3.63) is 47.4 Å². The first-order valence-electron chi connectivity index (χ1n) is 11.3. The molecular weight excluding hydrogens is 450 g/mol. The van der Waals surface area contributed by atoms with Crippen LogP contribution in [0.3, 0.4) is 0 Å². The molecule has 10 heteroatoms. The van der Waals surface area contributed by atoms with Gasteiger partial charge < -0.3 is 28.8 Å². The first-order valence-corrected chi connectivity index (χ1v) is 11.3. The van der Waals surface area contributed by atoms with Crippen molar-refractivity contribution in [2.45, 2.75) is 33.4 Å². The van der Waals surface area contributed by atoms with E-state index in [1.165, 1.54) is 12.5 Å². The molecule has 35 heavy (non-hydrogen) atoms. The molecule has 0 radical (unpaired) electrons. The van der Waals surface area contributed by atoms with Crippen LogP contribution < -0.4 is 19.5 Å². The van der Waals surface area contributed by atoms with Crippen molar-refractivity contribution < 1.29 is 23.7 Å². The standard InChI is InChI=1S/C25H31N5O5/c1-15-9-26-25(27-19-7-21(32-4)23(34-6)22(8-19)33-5)28-24(15)30-10-16(2)18(12-30)11-29-13-20(14-29)35-17(3)31/h7-10,12,20H,11,13-14H2,1-6H3,(H,26,27,28). The lowest BCUT2D eigenvalue weighted by Gasteiger charge is -2.38. The summed E-state index contributed by atoms with van der Waals surface area (Å²) in [4.78, 5) is 22.6. The summed E-state index contributed by atoms with van der Waals surface area (Å²) in [6.07, 6.45) is 5.93. The summed E-state index contributed by atoms with van der Waals surface area (Å²) < 4.78 is 23.5. The number of methoxy groups -OCH3 is 3. The largest absolute Gasteiger partial charge is 0.493 e. The first kappa shape index (κ1) is 24.3. The van der Waals surface area contributed by atoms with Crippen LogP contribution in [0.1, 0.15) is 23.6 Å². The van der Waals surface area contributed by atoms with E-state index in [0.717, 1.165) is 36.6 Å². The Morgan fingerprint density at radius 2 is 1.74 bits per heavy atom. The number of hydrogen-bond donors (Lipinski definition) is 1. The number of anilines is 2.